The van der Waals surface area contributed by atoms with Gasteiger partial charge in [-0.15, -0.1) is 0 Å². The fraction of sp³-hybridized carbons (Fsp3) is 0. The summed E-state index contributed by atoms with van der Waals surface area (Å²) in [4.78, 5) is 5.06. The van der Waals surface area contributed by atoms with Crippen molar-refractivity contribution in [3.63, 3.8) is 0 Å². The molecule has 4 aromatic carbocycles. The van der Waals surface area contributed by atoms with Gasteiger partial charge < -0.3 is 4.42 Å². The van der Waals surface area contributed by atoms with Crippen LogP contribution in [0.25, 0.3) is 11.5 Å². The Morgan fingerprint density at radius 3 is 1.53 bits per heavy atom. The Hall–Kier alpha value is -2.84. The number of hydrogen-bond acceptors (Lipinski definition) is 3. The van der Waals surface area contributed by atoms with Gasteiger partial charge in [0, 0.05) is 0 Å². The van der Waals surface area contributed by atoms with Crippen LogP contribution in [0.5, 0.6) is 0 Å². The number of thiol groups is 1. The van der Waals surface area contributed by atoms with Crippen LogP contribution < -0.4 is 21.3 Å². The van der Waals surface area contributed by atoms with Crippen LogP contribution in [-0.2, 0) is 0 Å². The normalized spacial score (nSPS) is 11.4. The van der Waals surface area contributed by atoms with Gasteiger partial charge in [-0.05, 0) is 48.5 Å². The van der Waals surface area contributed by atoms with E-state index in [1.54, 1.807) is 0 Å². The summed E-state index contributed by atoms with van der Waals surface area (Å²) in [7, 11) is -2.38. The molecule has 5 aromatic rings. The van der Waals surface area contributed by atoms with Crippen molar-refractivity contribution in [2.75, 3.05) is 0 Å². The molecular formula is C27H20ClNOPS+. The van der Waals surface area contributed by atoms with Crippen molar-refractivity contribution >= 4 is 52.8 Å². The van der Waals surface area contributed by atoms with Crippen molar-refractivity contribution in [2.24, 2.45) is 0 Å². The molecule has 0 aliphatic rings. The highest BCUT2D eigenvalue weighted by Crippen LogP contribution is 2.55. The molecule has 0 N–H and O–H groups in total. The summed E-state index contributed by atoms with van der Waals surface area (Å²) in [5.74, 6) is 0.475. The Morgan fingerprint density at radius 1 is 0.625 bits per heavy atom. The van der Waals surface area contributed by atoms with Crippen LogP contribution in [0.1, 0.15) is 0 Å². The number of hydrogen-bond donors (Lipinski definition) is 1. The average molecular weight is 473 g/mol. The first kappa shape index (κ1) is 21.0. The van der Waals surface area contributed by atoms with E-state index in [1.165, 1.54) is 15.9 Å². The number of rotatable bonds is 5. The van der Waals surface area contributed by atoms with Crippen molar-refractivity contribution in [1.82, 2.24) is 4.98 Å². The predicted molar refractivity (Wildman–Crippen MR) is 139 cm³/mol. The second-order valence-electron chi connectivity index (χ2n) is 7.31. The fourth-order valence-electron chi connectivity index (χ4n) is 4.04. The van der Waals surface area contributed by atoms with E-state index in [0.29, 0.717) is 16.0 Å². The van der Waals surface area contributed by atoms with Gasteiger partial charge in [0.15, 0.2) is 7.26 Å². The molecule has 0 aliphatic carbocycles. The Kier molecular flexibility index (Phi) is 5.89. The lowest BCUT2D eigenvalue weighted by Crippen LogP contribution is -2.39. The van der Waals surface area contributed by atoms with E-state index in [2.05, 4.69) is 72.8 Å². The van der Waals surface area contributed by atoms with Crippen LogP contribution in [-0.4, -0.2) is 4.98 Å². The second kappa shape index (κ2) is 8.96. The molecule has 0 radical (unpaired) electrons. The van der Waals surface area contributed by atoms with Gasteiger partial charge in [-0.3, -0.25) is 0 Å². The highest BCUT2D eigenvalue weighted by atomic mass is 35.5. The lowest BCUT2D eigenvalue weighted by Gasteiger charge is -2.25. The van der Waals surface area contributed by atoms with Crippen LogP contribution in [0.4, 0.5) is 0 Å². The van der Waals surface area contributed by atoms with Crippen molar-refractivity contribution in [1.29, 1.82) is 0 Å². The standard InChI is InChI=1S/C27H19ClNOPS/c28-24-19-11-10-18-23(24)25-29-26(27(32)30-25)31(20-12-4-1-5-13-20,21-14-6-2-7-15-21)22-16-8-3-9-17-22/h1-19H/p+1. The van der Waals surface area contributed by atoms with Gasteiger partial charge in [-0.25, -0.2) is 0 Å². The SMILES string of the molecule is Sc1oc(-c2ccccc2Cl)nc1[P+](c1ccccc1)(c1ccccc1)c1ccccc1. The highest BCUT2D eigenvalue weighted by Gasteiger charge is 2.52. The zero-order chi connectivity index (χ0) is 22.0. The molecule has 0 bridgehead atoms. The summed E-state index contributed by atoms with van der Waals surface area (Å²) in [5, 5.41) is 4.66. The summed E-state index contributed by atoms with van der Waals surface area (Å²) in [6.07, 6.45) is 0. The quantitative estimate of drug-likeness (QED) is 0.254. The van der Waals surface area contributed by atoms with E-state index in [0.717, 1.165) is 11.0 Å². The van der Waals surface area contributed by atoms with Crippen LogP contribution in [0, 0.1) is 0 Å². The number of aromatic nitrogens is 1. The van der Waals surface area contributed by atoms with E-state index in [-0.39, 0.29) is 0 Å². The van der Waals surface area contributed by atoms with E-state index >= 15 is 0 Å². The van der Waals surface area contributed by atoms with Crippen molar-refractivity contribution in [2.45, 2.75) is 5.09 Å². The van der Waals surface area contributed by atoms with Gasteiger partial charge in [0.25, 0.3) is 5.44 Å². The van der Waals surface area contributed by atoms with E-state index < -0.39 is 7.26 Å². The number of benzene rings is 4. The Balaban J connectivity index is 1.87. The van der Waals surface area contributed by atoms with E-state index in [4.69, 9.17) is 33.6 Å². The minimum atomic E-state index is -2.38. The minimum Gasteiger partial charge on any atom is -0.426 e. The maximum atomic E-state index is 6.47. The molecule has 0 amide bonds. The van der Waals surface area contributed by atoms with Gasteiger partial charge in [0.05, 0.1) is 10.6 Å². The largest absolute Gasteiger partial charge is 0.426 e. The number of halogens is 1. The summed E-state index contributed by atoms with van der Waals surface area (Å²) in [6.45, 7) is 0. The topological polar surface area (TPSA) is 26.0 Å². The second-order valence-corrected chi connectivity index (χ2v) is 11.4. The Morgan fingerprint density at radius 2 is 1.06 bits per heavy atom. The third-order valence-electron chi connectivity index (χ3n) is 5.44. The molecule has 1 heterocycles. The molecule has 1 aromatic heterocycles. The van der Waals surface area contributed by atoms with Crippen LogP contribution in [0.3, 0.4) is 0 Å². The van der Waals surface area contributed by atoms with Crippen molar-refractivity contribution < 1.29 is 4.42 Å². The zero-order valence-corrected chi connectivity index (χ0v) is 19.6. The van der Waals surface area contributed by atoms with Gasteiger partial charge in [0.2, 0.25) is 11.0 Å². The lowest BCUT2D eigenvalue weighted by atomic mass is 10.2. The molecule has 0 unspecified atom stereocenters. The molecule has 0 fully saturated rings. The summed E-state index contributed by atoms with van der Waals surface area (Å²) in [6, 6.07) is 39.1. The Bertz CT molecular complexity index is 1240. The molecule has 32 heavy (non-hydrogen) atoms. The third kappa shape index (κ3) is 3.57. The van der Waals surface area contributed by atoms with Crippen LogP contribution >= 0.6 is 31.5 Å². The molecule has 0 atom stereocenters. The molecule has 0 spiro atoms. The van der Waals surface area contributed by atoms with E-state index in [9.17, 15) is 0 Å². The van der Waals surface area contributed by atoms with Gasteiger partial charge in [-0.1, -0.05) is 91.0 Å². The molecule has 5 rings (SSSR count). The van der Waals surface area contributed by atoms with Crippen molar-refractivity contribution in [3.8, 4) is 11.5 Å². The number of oxazole rings is 1. The van der Waals surface area contributed by atoms with Gasteiger partial charge in [0.1, 0.15) is 15.9 Å². The van der Waals surface area contributed by atoms with Crippen molar-refractivity contribution in [3.05, 3.63) is 120 Å². The Labute approximate surface area is 198 Å². The molecule has 0 saturated carbocycles. The van der Waals surface area contributed by atoms with Crippen LogP contribution in [0.2, 0.25) is 5.02 Å². The fourth-order valence-corrected chi connectivity index (χ4v) is 8.90. The zero-order valence-electron chi connectivity index (χ0n) is 17.1. The molecular weight excluding hydrogens is 453 g/mol. The monoisotopic (exact) mass is 472 g/mol. The third-order valence-corrected chi connectivity index (χ3v) is 10.4. The van der Waals surface area contributed by atoms with Crippen LogP contribution in [0.15, 0.2) is 125 Å². The molecule has 2 nitrogen and oxygen atoms in total. The molecule has 156 valence electrons. The molecule has 5 heteroatoms. The molecule has 0 aliphatic heterocycles. The smallest absolute Gasteiger partial charge is 0.250 e. The maximum absolute atomic E-state index is 6.47. The first-order valence-electron chi connectivity index (χ1n) is 10.2. The summed E-state index contributed by atoms with van der Waals surface area (Å²) in [5.41, 5.74) is 1.59. The first-order chi connectivity index (χ1) is 15.7. The molecule has 0 saturated heterocycles. The average Bonchev–Trinajstić information content (AvgIpc) is 3.23. The minimum absolute atomic E-state index is 0.475. The first-order valence-corrected chi connectivity index (χ1v) is 12.8. The lowest BCUT2D eigenvalue weighted by molar-refractivity contribution is 0.489. The van der Waals surface area contributed by atoms with Gasteiger partial charge >= 0.3 is 0 Å². The highest BCUT2D eigenvalue weighted by molar-refractivity contribution is 8.02. The summed E-state index contributed by atoms with van der Waals surface area (Å²) < 4.78 is 6.15. The van der Waals surface area contributed by atoms with E-state index in [1.807, 2.05) is 42.5 Å². The maximum Gasteiger partial charge on any atom is 0.250 e. The van der Waals surface area contributed by atoms with Gasteiger partial charge in [-0.2, -0.15) is 4.98 Å². The summed E-state index contributed by atoms with van der Waals surface area (Å²) >= 11 is 11.3. The number of nitrogens with zero attached hydrogens (tertiary/aromatic N) is 1. The predicted octanol–water partition coefficient (Wildman–Crippen LogP) is 5.90.